The minimum absolute atomic E-state index is 0.107. The normalized spacial score (nSPS) is 14.7. The van der Waals surface area contributed by atoms with Crippen molar-refractivity contribution in [3.05, 3.63) is 114 Å². The van der Waals surface area contributed by atoms with Gasteiger partial charge in [0.15, 0.2) is 63.4 Å². The third-order valence-electron chi connectivity index (χ3n) is 19.5. The van der Waals surface area contributed by atoms with E-state index in [1.807, 2.05) is 54.6 Å². The molecular formula is C80H102ClN21O16. The number of fused-ring (bicyclic) bond motifs is 4. The van der Waals surface area contributed by atoms with E-state index in [0.717, 1.165) is 202 Å². The van der Waals surface area contributed by atoms with Crippen LogP contribution in [0.4, 0.5) is 34.9 Å². The Hall–Kier alpha value is -11.4. The predicted octanol–water partition coefficient (Wildman–Crippen LogP) is 8.92. The summed E-state index contributed by atoms with van der Waals surface area (Å²) in [4.78, 5) is 66.2. The van der Waals surface area contributed by atoms with E-state index in [0.29, 0.717) is 135 Å². The number of anilines is 6. The predicted molar refractivity (Wildman–Crippen MR) is 441 cm³/mol. The molecule has 15 rings (SSSR count). The molecule has 4 aliphatic heterocycles. The topological polar surface area (TPSA) is 413 Å². The average Bonchev–Trinajstić information content (AvgIpc) is 1.11. The van der Waals surface area contributed by atoms with Crippen LogP contribution in [0.1, 0.15) is 49.7 Å². The van der Waals surface area contributed by atoms with Crippen LogP contribution in [0.25, 0.3) is 43.6 Å². The van der Waals surface area contributed by atoms with Crippen molar-refractivity contribution in [1.29, 1.82) is 0 Å². The molecular weight excluding hydrogens is 1550 g/mol. The molecule has 4 aromatic carbocycles. The lowest BCUT2D eigenvalue weighted by Crippen LogP contribution is -2.37. The smallest absolute Gasteiger partial charge is 0.311 e. The van der Waals surface area contributed by atoms with Gasteiger partial charge in [-0.25, -0.2) is 39.9 Å². The van der Waals surface area contributed by atoms with Crippen LogP contribution in [0.5, 0.6) is 46.0 Å². The summed E-state index contributed by atoms with van der Waals surface area (Å²) in [6, 6.07) is 20.1. The van der Waals surface area contributed by atoms with Crippen molar-refractivity contribution >= 4 is 102 Å². The van der Waals surface area contributed by atoms with E-state index in [2.05, 4.69) is 118 Å². The van der Waals surface area contributed by atoms with Gasteiger partial charge in [0.05, 0.1) is 150 Å². The zero-order valence-corrected chi connectivity index (χ0v) is 68.0. The quantitative estimate of drug-likeness (QED) is 0.0111. The molecule has 4 aliphatic rings. The lowest BCUT2D eigenvalue weighted by molar-refractivity contribution is -0.140. The highest BCUT2D eigenvalue weighted by atomic mass is 35.5. The number of ether oxygens (including phenoxy) is 13. The van der Waals surface area contributed by atoms with Gasteiger partial charge >= 0.3 is 11.9 Å². The van der Waals surface area contributed by atoms with E-state index in [-0.39, 0.29) is 18.8 Å². The number of nitrogens with one attached hydrogen (secondary N) is 6. The fourth-order valence-corrected chi connectivity index (χ4v) is 13.4. The van der Waals surface area contributed by atoms with Crippen LogP contribution < -0.4 is 53.8 Å². The lowest BCUT2D eigenvalue weighted by atomic mass is 10.2. The lowest BCUT2D eigenvalue weighted by Gasteiger charge is -2.26. The van der Waals surface area contributed by atoms with Crippen molar-refractivity contribution in [1.82, 2.24) is 90.1 Å². The molecule has 7 N–H and O–H groups in total. The summed E-state index contributed by atoms with van der Waals surface area (Å²) < 4.78 is 72.1. The first-order valence-electron chi connectivity index (χ1n) is 39.2. The van der Waals surface area contributed by atoms with Crippen LogP contribution in [0, 0.1) is 0 Å². The van der Waals surface area contributed by atoms with Crippen molar-refractivity contribution in [3.8, 4) is 46.0 Å². The number of carbonyl (C=O) groups is 2. The first-order chi connectivity index (χ1) is 57.8. The molecule has 0 bridgehead atoms. The average molecular weight is 1650 g/mol. The molecule has 118 heavy (non-hydrogen) atoms. The van der Waals surface area contributed by atoms with Crippen LogP contribution in [-0.4, -0.2) is 300 Å². The summed E-state index contributed by atoms with van der Waals surface area (Å²) in [6.07, 6.45) is 10.5. The molecule has 38 heteroatoms. The number of aliphatic carboxylic acids is 1. The number of carboxylic acid groups (broad SMARTS) is 1. The fourth-order valence-electron chi connectivity index (χ4n) is 13.2. The Morgan fingerprint density at radius 1 is 0.398 bits per heavy atom. The first-order valence-corrected chi connectivity index (χ1v) is 39.6. The number of nitrogens with zero attached hydrogens (tertiary/aromatic N) is 15. The Balaban J connectivity index is 0.000000146. The van der Waals surface area contributed by atoms with E-state index >= 15 is 0 Å². The summed E-state index contributed by atoms with van der Waals surface area (Å²) in [7, 11) is 7.79. The molecule has 37 nitrogen and oxygen atoms in total. The van der Waals surface area contributed by atoms with E-state index in [9.17, 15) is 9.59 Å². The number of carbonyl (C=O) groups excluding carboxylic acids is 1. The highest BCUT2D eigenvalue weighted by Gasteiger charge is 2.21. The number of rotatable bonds is 35. The van der Waals surface area contributed by atoms with Gasteiger partial charge in [0.25, 0.3) is 0 Å². The maximum Gasteiger partial charge on any atom is 0.311 e. The standard InChI is InChI=1S/C22H28N6O5.C21H26N6O5.C21H28N6O3.C16H20ClN3O3/c1-30-18-12-16-17(13-19(18)33-7-3-4-28-5-8-32-9-6-28)23-14-24-22(16)25-20-10-15(26-27-20)11-21(29)31-2;1-30-17-11-15-16(12-18(17)32-6-2-3-27-4-7-31-8-5-27)22-13-23-21(15)24-19-9-14(25-26-19)10-20(28)29;1-3-15-11-20(26-25-15)24-21-16-12-18(28-2)19(13-17(16)22-14-23-21)30-8-4-5-27-6-9-29-10-7-27;1-21-14-9-12-13(18-11-19-16(12)17)10-15(14)23-6-2-3-20-4-7-22-8-5-20/h10,12-14H,3-9,11H2,1-2H3,(H2,23,24,25,26,27);9,11-13H,2-8,10H2,1H3,(H,28,29)(H2,22,23,24,25,26);11-14H,3-10H2,1-2H3,(H2,22,23,24,25,26);9-11H,2-8H2,1H3. The minimum Gasteiger partial charge on any atom is -0.493 e. The Bertz CT molecular complexity index is 5000. The van der Waals surface area contributed by atoms with Gasteiger partial charge in [0.1, 0.15) is 47.9 Å². The molecule has 0 amide bonds. The molecule has 4 fully saturated rings. The summed E-state index contributed by atoms with van der Waals surface area (Å²) in [5.41, 5.74) is 5.10. The number of aromatic nitrogens is 14. The maximum atomic E-state index is 11.5. The Morgan fingerprint density at radius 3 is 1.00 bits per heavy atom. The first kappa shape index (κ1) is 85.9. The molecule has 0 atom stereocenters. The van der Waals surface area contributed by atoms with E-state index in [1.165, 1.54) is 32.4 Å². The third kappa shape index (κ3) is 25.1. The molecule has 4 saturated heterocycles. The second kappa shape index (κ2) is 44.8. The number of H-pyrrole nitrogens is 3. The van der Waals surface area contributed by atoms with Gasteiger partial charge in [-0.05, 0) is 56.4 Å². The van der Waals surface area contributed by atoms with Crippen molar-refractivity contribution in [3.63, 3.8) is 0 Å². The SMILES string of the molecule is CCc1cc(Nc2ncnc3cc(OCCCN4CCOCC4)c(OC)cc23)n[nH]1.COC(=O)Cc1cc(Nc2ncnc3cc(OCCCN4CCOCC4)c(OC)cc23)n[nH]1.COc1cc2c(Cl)ncnc2cc1OCCCN1CCOCC1.COc1cc2c(Nc3cc(CC(=O)O)[nH]n3)ncnc2cc1OCCCN1CCOCC1. The zero-order valence-electron chi connectivity index (χ0n) is 67.2. The minimum atomic E-state index is -0.935. The Kier molecular flexibility index (Phi) is 32.6. The third-order valence-corrected chi connectivity index (χ3v) is 19.8. The summed E-state index contributed by atoms with van der Waals surface area (Å²) in [6.45, 7) is 22.6. The number of aryl methyl sites for hydroxylation is 1. The molecule has 0 saturated carbocycles. The van der Waals surface area contributed by atoms with Gasteiger partial charge < -0.3 is 82.6 Å². The van der Waals surface area contributed by atoms with Gasteiger partial charge in [-0.2, -0.15) is 15.3 Å². The highest BCUT2D eigenvalue weighted by molar-refractivity contribution is 6.34. The second-order valence-electron chi connectivity index (χ2n) is 27.4. The number of esters is 1. The van der Waals surface area contributed by atoms with Gasteiger partial charge in [-0.3, -0.25) is 44.5 Å². The van der Waals surface area contributed by atoms with Crippen LogP contribution in [0.2, 0.25) is 5.15 Å². The van der Waals surface area contributed by atoms with E-state index in [4.69, 9.17) is 73.5 Å². The molecule has 0 aliphatic carbocycles. The van der Waals surface area contributed by atoms with Gasteiger partial charge in [-0.15, -0.1) is 0 Å². The number of benzene rings is 4. The van der Waals surface area contributed by atoms with Crippen molar-refractivity contribution in [2.75, 3.05) is 209 Å². The summed E-state index contributed by atoms with van der Waals surface area (Å²) in [5.74, 6) is 7.27. The number of aromatic amines is 3. The van der Waals surface area contributed by atoms with Crippen molar-refractivity contribution in [2.24, 2.45) is 0 Å². The number of halogens is 1. The monoisotopic (exact) mass is 1650 g/mol. The van der Waals surface area contributed by atoms with Crippen molar-refractivity contribution < 1.29 is 76.3 Å². The zero-order chi connectivity index (χ0) is 82.2. The van der Waals surface area contributed by atoms with E-state index < -0.39 is 5.97 Å². The molecule has 7 aromatic heterocycles. The van der Waals surface area contributed by atoms with Crippen molar-refractivity contribution in [2.45, 2.75) is 51.9 Å². The Labute approximate surface area is 686 Å². The molecule has 0 spiro atoms. The number of morpholine rings is 4. The van der Waals surface area contributed by atoms with Crippen LogP contribution in [0.3, 0.4) is 0 Å². The molecule has 11 heterocycles. The highest BCUT2D eigenvalue weighted by Crippen LogP contribution is 2.39. The second-order valence-corrected chi connectivity index (χ2v) is 27.8. The van der Waals surface area contributed by atoms with Gasteiger partial charge in [0, 0.05) is 160 Å². The molecule has 630 valence electrons. The maximum absolute atomic E-state index is 11.5. The number of carboxylic acids is 1. The Morgan fingerprint density at radius 2 is 0.695 bits per heavy atom. The molecule has 11 aromatic rings. The summed E-state index contributed by atoms with van der Waals surface area (Å²) in [5, 5.41) is 43.0. The number of hydrogen-bond donors (Lipinski definition) is 7. The fraction of sp³-hybridized carbons (Fsp3) is 0.463. The number of methoxy groups -OCH3 is 5. The van der Waals surface area contributed by atoms with Crippen LogP contribution >= 0.6 is 11.6 Å². The summed E-state index contributed by atoms with van der Waals surface area (Å²) >= 11 is 6.09. The largest absolute Gasteiger partial charge is 0.493 e. The molecule has 0 radical (unpaired) electrons. The molecule has 0 unspecified atom stereocenters. The van der Waals surface area contributed by atoms with Gasteiger partial charge in [0.2, 0.25) is 0 Å². The van der Waals surface area contributed by atoms with E-state index in [1.54, 1.807) is 40.6 Å². The number of hydrogen-bond acceptors (Lipinski definition) is 33. The van der Waals surface area contributed by atoms with Crippen LogP contribution in [-0.2, 0) is 52.5 Å². The van der Waals surface area contributed by atoms with Gasteiger partial charge in [-0.1, -0.05) is 18.5 Å². The van der Waals surface area contributed by atoms with Crippen LogP contribution in [0.15, 0.2) is 92.0 Å².